The van der Waals surface area contributed by atoms with E-state index < -0.39 is 35.2 Å². The van der Waals surface area contributed by atoms with Gasteiger partial charge in [0, 0.05) is 16.0 Å². The molecule has 0 aliphatic carbocycles. The van der Waals surface area contributed by atoms with E-state index in [1.165, 1.54) is 35.1 Å². The van der Waals surface area contributed by atoms with Crippen LogP contribution in [0.3, 0.4) is 0 Å². The molecular weight excluding hydrogens is 627 g/mol. The SMILES string of the molecule is CCc1cc2c(=O)n(CC(=O)c3ccc(F)c(OC)c3)c(=O)n(Cc3ccc(-c4ccccc4-c4noc(=O)[nH]4)cc3)c2s1.[H-].[K+]. The van der Waals surface area contributed by atoms with Gasteiger partial charge >= 0.3 is 62.8 Å². The second-order valence-corrected chi connectivity index (χ2v) is 11.1. The van der Waals surface area contributed by atoms with Crippen molar-refractivity contribution in [3.05, 3.63) is 126 Å². The van der Waals surface area contributed by atoms with Crippen LogP contribution in [0.5, 0.6) is 5.75 Å². The summed E-state index contributed by atoms with van der Waals surface area (Å²) in [6.45, 7) is 1.60. The van der Waals surface area contributed by atoms with E-state index in [2.05, 4.69) is 14.7 Å². The first kappa shape index (κ1) is 32.7. The summed E-state index contributed by atoms with van der Waals surface area (Å²) in [5.41, 5.74) is 2.07. The third-order valence-corrected chi connectivity index (χ3v) is 8.60. The largest absolute Gasteiger partial charge is 1.00 e. The number of hydrogen-bond acceptors (Lipinski definition) is 8. The van der Waals surface area contributed by atoms with Crippen molar-refractivity contribution in [1.82, 2.24) is 19.3 Å². The van der Waals surface area contributed by atoms with E-state index in [0.717, 1.165) is 32.2 Å². The first-order valence-electron chi connectivity index (χ1n) is 13.6. The van der Waals surface area contributed by atoms with Gasteiger partial charge in [-0.1, -0.05) is 60.6 Å². The minimum Gasteiger partial charge on any atom is -1.00 e. The Kier molecular flexibility index (Phi) is 9.96. The number of hydrogen-bond donors (Lipinski definition) is 1. The third-order valence-electron chi connectivity index (χ3n) is 7.30. The number of carbonyl (C=O) groups excluding carboxylic acids is 1. The van der Waals surface area contributed by atoms with Gasteiger partial charge in [-0.2, -0.15) is 0 Å². The summed E-state index contributed by atoms with van der Waals surface area (Å²) in [5, 5.41) is 4.16. The number of nitrogens with zero attached hydrogens (tertiary/aromatic N) is 3. The van der Waals surface area contributed by atoms with Crippen LogP contribution >= 0.6 is 11.3 Å². The first-order chi connectivity index (χ1) is 21.3. The average molecular weight is 653 g/mol. The standard InChI is InChI=1S/C32H25FN4O6S.K.H/c1-3-21-15-24-29(39)36(17-26(38)20-12-13-25(33)27(14-20)42-2)32(41)37(30(24)44-21)16-18-8-10-19(11-9-18)22-6-4-5-7-23(22)28-34-31(40)43-35-28;;/h4-15H,3,16-17H2,1-2H3,(H,34,35,40);;/q;+1;-1. The molecule has 0 aliphatic rings. The van der Waals surface area contributed by atoms with Gasteiger partial charge in [0.25, 0.3) is 5.56 Å². The number of H-pyrrole nitrogens is 1. The van der Waals surface area contributed by atoms with E-state index in [9.17, 15) is 23.6 Å². The van der Waals surface area contributed by atoms with Crippen molar-refractivity contribution < 1.29 is 71.3 Å². The van der Waals surface area contributed by atoms with Crippen molar-refractivity contribution in [1.29, 1.82) is 0 Å². The molecule has 0 fully saturated rings. The number of halogens is 1. The topological polar surface area (TPSA) is 129 Å². The number of carbonyl (C=O) groups is 1. The summed E-state index contributed by atoms with van der Waals surface area (Å²) in [6, 6.07) is 20.3. The maximum absolute atomic E-state index is 13.9. The van der Waals surface area contributed by atoms with Gasteiger partial charge in [0.2, 0.25) is 0 Å². The molecule has 0 amide bonds. The van der Waals surface area contributed by atoms with Crippen molar-refractivity contribution in [3.8, 4) is 28.3 Å². The molecule has 3 heterocycles. The summed E-state index contributed by atoms with van der Waals surface area (Å²) >= 11 is 1.37. The van der Waals surface area contributed by atoms with E-state index in [4.69, 9.17) is 4.74 Å². The van der Waals surface area contributed by atoms with Crippen LogP contribution in [0.2, 0.25) is 0 Å². The van der Waals surface area contributed by atoms with Crippen LogP contribution < -0.4 is 73.1 Å². The molecule has 0 aliphatic heterocycles. The predicted octanol–water partition coefficient (Wildman–Crippen LogP) is 1.99. The number of benzene rings is 3. The van der Waals surface area contributed by atoms with E-state index in [-0.39, 0.29) is 70.7 Å². The summed E-state index contributed by atoms with van der Waals surface area (Å²) in [4.78, 5) is 55.9. The second kappa shape index (κ2) is 13.7. The molecule has 0 bridgehead atoms. The minimum absolute atomic E-state index is 0. The molecular formula is C32H26FKN4O6S. The maximum Gasteiger partial charge on any atom is 1.00 e. The fourth-order valence-electron chi connectivity index (χ4n) is 5.03. The molecule has 10 nitrogen and oxygen atoms in total. The Balaban J connectivity index is 0.00000240. The van der Waals surface area contributed by atoms with Gasteiger partial charge in [-0.25, -0.2) is 14.0 Å². The predicted molar refractivity (Wildman–Crippen MR) is 165 cm³/mol. The zero-order valence-electron chi connectivity index (χ0n) is 25.6. The van der Waals surface area contributed by atoms with Gasteiger partial charge in [-0.15, -0.1) is 11.3 Å². The third kappa shape index (κ3) is 6.50. The molecule has 0 unspecified atom stereocenters. The molecule has 0 saturated heterocycles. The van der Waals surface area contributed by atoms with Crippen LogP contribution in [0.15, 0.2) is 91.7 Å². The molecule has 45 heavy (non-hydrogen) atoms. The van der Waals surface area contributed by atoms with Gasteiger partial charge in [-0.3, -0.25) is 28.2 Å². The number of nitrogens with one attached hydrogen (secondary N) is 1. The Labute approximate surface area is 303 Å². The number of thiophene rings is 1. The Bertz CT molecular complexity index is 2220. The zero-order valence-corrected chi connectivity index (χ0v) is 28.6. The number of Topliss-reactive ketones (excluding diaryl/α,β-unsaturated/α-hetero) is 1. The number of aromatic nitrogens is 4. The molecule has 6 aromatic rings. The van der Waals surface area contributed by atoms with E-state index in [1.54, 1.807) is 6.07 Å². The number of ketones is 1. The molecule has 13 heteroatoms. The van der Waals surface area contributed by atoms with Gasteiger partial charge < -0.3 is 6.16 Å². The Morgan fingerprint density at radius 3 is 2.42 bits per heavy atom. The second-order valence-electron chi connectivity index (χ2n) is 10.0. The summed E-state index contributed by atoms with van der Waals surface area (Å²) in [5.74, 6) is -1.61. The number of ether oxygens (including phenoxy) is 1. The molecule has 0 spiro atoms. The number of methoxy groups -OCH3 is 1. The monoisotopic (exact) mass is 652 g/mol. The van der Waals surface area contributed by atoms with Crippen molar-refractivity contribution in [2.24, 2.45) is 0 Å². The van der Waals surface area contributed by atoms with Crippen LogP contribution in [0.4, 0.5) is 4.39 Å². The van der Waals surface area contributed by atoms with Crippen molar-refractivity contribution in [2.45, 2.75) is 26.4 Å². The van der Waals surface area contributed by atoms with Gasteiger partial charge in [0.05, 0.1) is 25.6 Å². The molecule has 0 saturated carbocycles. The Morgan fingerprint density at radius 1 is 1.02 bits per heavy atom. The molecule has 6 rings (SSSR count). The van der Waals surface area contributed by atoms with Crippen molar-refractivity contribution in [2.75, 3.05) is 7.11 Å². The summed E-state index contributed by atoms with van der Waals surface area (Å²) < 4.78 is 26.0. The van der Waals surface area contributed by atoms with Gasteiger partial charge in [0.15, 0.2) is 23.2 Å². The number of aryl methyl sites for hydroxylation is 1. The molecule has 3 aromatic carbocycles. The zero-order chi connectivity index (χ0) is 31.0. The Hall–Kier alpha value is -3.72. The number of fused-ring (bicyclic) bond motifs is 1. The first-order valence-corrected chi connectivity index (χ1v) is 14.5. The normalized spacial score (nSPS) is 11.0. The van der Waals surface area contributed by atoms with Gasteiger partial charge in [-0.05, 0) is 47.4 Å². The van der Waals surface area contributed by atoms with Crippen LogP contribution in [0.25, 0.3) is 32.7 Å². The fourth-order valence-corrected chi connectivity index (χ4v) is 6.11. The van der Waals surface area contributed by atoms with Gasteiger partial charge in [0.1, 0.15) is 4.83 Å². The molecule has 0 atom stereocenters. The number of rotatable bonds is 9. The van der Waals surface area contributed by atoms with Crippen LogP contribution in [0.1, 0.15) is 29.1 Å². The summed E-state index contributed by atoms with van der Waals surface area (Å²) in [7, 11) is 1.29. The van der Waals surface area contributed by atoms with E-state index >= 15 is 0 Å². The minimum atomic E-state index is -0.651. The van der Waals surface area contributed by atoms with Crippen LogP contribution in [-0.2, 0) is 19.5 Å². The van der Waals surface area contributed by atoms with E-state index in [1.807, 2.05) is 55.5 Å². The molecule has 0 radical (unpaired) electrons. The van der Waals surface area contributed by atoms with Crippen LogP contribution in [0, 0.1) is 5.82 Å². The molecule has 3 aromatic heterocycles. The number of aromatic amines is 1. The average Bonchev–Trinajstić information content (AvgIpc) is 3.68. The van der Waals surface area contributed by atoms with E-state index in [0.29, 0.717) is 28.0 Å². The van der Waals surface area contributed by atoms with Crippen LogP contribution in [-0.4, -0.2) is 32.2 Å². The van der Waals surface area contributed by atoms with Crippen molar-refractivity contribution >= 4 is 27.3 Å². The Morgan fingerprint density at radius 2 is 1.76 bits per heavy atom. The summed E-state index contributed by atoms with van der Waals surface area (Å²) in [6.07, 6.45) is 0.673. The maximum atomic E-state index is 13.9. The fraction of sp³-hybridized carbons (Fsp3) is 0.156. The molecule has 224 valence electrons. The van der Waals surface area contributed by atoms with Crippen molar-refractivity contribution in [3.63, 3.8) is 0 Å². The quantitative estimate of drug-likeness (QED) is 0.187. The smallest absolute Gasteiger partial charge is 1.00 e. The molecule has 1 N–H and O–H groups in total.